The predicted octanol–water partition coefficient (Wildman–Crippen LogP) is 4.51. The van der Waals surface area contributed by atoms with Gasteiger partial charge in [0.2, 0.25) is 0 Å². The molecule has 0 saturated heterocycles. The van der Waals surface area contributed by atoms with E-state index in [0.29, 0.717) is 13.2 Å². The fourth-order valence-corrected chi connectivity index (χ4v) is 2.21. The van der Waals surface area contributed by atoms with Crippen LogP contribution in [0.4, 0.5) is 0 Å². The quantitative estimate of drug-likeness (QED) is 0.371. The molecule has 0 spiro atoms. The molecule has 0 heterocycles. The molecule has 0 aromatic heterocycles. The largest absolute Gasteiger partial charge is 0.466 e. The van der Waals surface area contributed by atoms with Crippen molar-refractivity contribution in [3.63, 3.8) is 0 Å². The summed E-state index contributed by atoms with van der Waals surface area (Å²) < 4.78 is 10.5. The molecule has 0 aliphatic rings. The summed E-state index contributed by atoms with van der Waals surface area (Å²) in [6.45, 7) is 9.13. The fraction of sp³-hybridized carbons (Fsp3) is 0.889. The Bertz CT molecular complexity index is 301. The molecule has 0 aliphatic heterocycles. The highest BCUT2D eigenvalue weighted by Crippen LogP contribution is 2.21. The summed E-state index contributed by atoms with van der Waals surface area (Å²) in [5.74, 6) is -0.796. The van der Waals surface area contributed by atoms with Gasteiger partial charge < -0.3 is 9.47 Å². The zero-order valence-corrected chi connectivity index (χ0v) is 14.9. The topological polar surface area (TPSA) is 52.6 Å². The van der Waals surface area contributed by atoms with Crippen molar-refractivity contribution in [2.75, 3.05) is 13.2 Å². The lowest BCUT2D eigenvalue weighted by Gasteiger charge is -2.20. The van der Waals surface area contributed by atoms with Gasteiger partial charge in [-0.1, -0.05) is 59.8 Å². The molecule has 0 radical (unpaired) electrons. The summed E-state index contributed by atoms with van der Waals surface area (Å²) in [6, 6.07) is 0. The normalized spacial score (nSPS) is 13.5. The van der Waals surface area contributed by atoms with Crippen LogP contribution in [0.15, 0.2) is 0 Å². The number of hydrogen-bond donors (Lipinski definition) is 0. The zero-order chi connectivity index (χ0) is 16.8. The predicted molar refractivity (Wildman–Crippen MR) is 88.5 cm³/mol. The number of carbonyl (C=O) groups excluding carboxylic acids is 2. The third-order valence-corrected chi connectivity index (χ3v) is 4.02. The zero-order valence-electron chi connectivity index (χ0n) is 14.9. The maximum absolute atomic E-state index is 12.2. The van der Waals surface area contributed by atoms with E-state index in [1.807, 2.05) is 13.8 Å². The van der Waals surface area contributed by atoms with Crippen molar-refractivity contribution in [1.82, 2.24) is 0 Å². The second kappa shape index (κ2) is 13.6. The van der Waals surface area contributed by atoms with Gasteiger partial charge in [0.25, 0.3) is 0 Å². The van der Waals surface area contributed by atoms with Crippen LogP contribution < -0.4 is 0 Å². The van der Waals surface area contributed by atoms with E-state index >= 15 is 0 Å². The van der Waals surface area contributed by atoms with Crippen LogP contribution in [-0.2, 0) is 19.1 Å². The average molecular weight is 314 g/mol. The highest BCUT2D eigenvalue weighted by Gasteiger charge is 2.28. The number of ether oxygens (including phenoxy) is 2. The molecule has 0 saturated carbocycles. The van der Waals surface area contributed by atoms with E-state index in [-0.39, 0.29) is 30.2 Å². The highest BCUT2D eigenvalue weighted by molar-refractivity contribution is 5.80. The number of esters is 2. The molecule has 0 rings (SSSR count). The van der Waals surface area contributed by atoms with Gasteiger partial charge in [-0.2, -0.15) is 0 Å². The Kier molecular flexibility index (Phi) is 12.9. The highest BCUT2D eigenvalue weighted by atomic mass is 16.5. The van der Waals surface area contributed by atoms with Gasteiger partial charge in [0.1, 0.15) is 0 Å². The van der Waals surface area contributed by atoms with Crippen LogP contribution in [-0.4, -0.2) is 25.2 Å². The third kappa shape index (κ3) is 9.80. The van der Waals surface area contributed by atoms with E-state index in [4.69, 9.17) is 9.47 Å². The van der Waals surface area contributed by atoms with Gasteiger partial charge in [-0.3, -0.25) is 9.59 Å². The average Bonchev–Trinajstić information content (AvgIpc) is 2.52. The summed E-state index contributed by atoms with van der Waals surface area (Å²) >= 11 is 0. The van der Waals surface area contributed by atoms with Gasteiger partial charge in [-0.05, 0) is 18.8 Å². The monoisotopic (exact) mass is 314 g/mol. The minimum absolute atomic E-state index is 0.127. The van der Waals surface area contributed by atoms with E-state index in [2.05, 4.69) is 13.8 Å². The maximum Gasteiger partial charge on any atom is 0.309 e. The Balaban J connectivity index is 4.26. The van der Waals surface area contributed by atoms with Crippen LogP contribution in [0.5, 0.6) is 0 Å². The van der Waals surface area contributed by atoms with Crippen LogP contribution in [0.2, 0.25) is 0 Å². The Hall–Kier alpha value is -1.06. The lowest BCUT2D eigenvalue weighted by atomic mass is 9.89. The van der Waals surface area contributed by atoms with Crippen molar-refractivity contribution in [3.05, 3.63) is 0 Å². The first-order valence-electron chi connectivity index (χ1n) is 8.88. The molecule has 0 amide bonds. The minimum atomic E-state index is -0.384. The van der Waals surface area contributed by atoms with Gasteiger partial charge in [0, 0.05) is 0 Å². The molecule has 22 heavy (non-hydrogen) atoms. The first-order valence-corrected chi connectivity index (χ1v) is 8.88. The Morgan fingerprint density at radius 3 is 1.91 bits per heavy atom. The van der Waals surface area contributed by atoms with Gasteiger partial charge in [0.15, 0.2) is 0 Å². The standard InChI is InChI=1S/C18H34O4/c1-5-8-10-12-21-17(19)14-16(15(4)7-3)18(20)22-13-11-9-6-2/h15-16H,5-14H2,1-4H3. The molecule has 4 heteroatoms. The van der Waals surface area contributed by atoms with Crippen molar-refractivity contribution in [2.45, 2.75) is 79.1 Å². The molecular weight excluding hydrogens is 280 g/mol. The smallest absolute Gasteiger partial charge is 0.309 e. The molecule has 2 unspecified atom stereocenters. The number of hydrogen-bond acceptors (Lipinski definition) is 4. The van der Waals surface area contributed by atoms with Crippen LogP contribution in [0.25, 0.3) is 0 Å². The second-order valence-corrected chi connectivity index (χ2v) is 6.00. The molecule has 0 bridgehead atoms. The van der Waals surface area contributed by atoms with E-state index in [1.165, 1.54) is 0 Å². The summed E-state index contributed by atoms with van der Waals surface area (Å²) in [5.41, 5.74) is 0. The number of unbranched alkanes of at least 4 members (excludes halogenated alkanes) is 4. The third-order valence-electron chi connectivity index (χ3n) is 4.02. The van der Waals surface area contributed by atoms with E-state index in [9.17, 15) is 9.59 Å². The SMILES string of the molecule is CCCCCOC(=O)CC(C(=O)OCCCCC)C(C)CC. The van der Waals surface area contributed by atoms with Crippen LogP contribution in [0.3, 0.4) is 0 Å². The first kappa shape index (κ1) is 20.9. The van der Waals surface area contributed by atoms with Gasteiger partial charge in [-0.15, -0.1) is 0 Å². The Morgan fingerprint density at radius 2 is 1.41 bits per heavy atom. The molecule has 0 N–H and O–H groups in total. The Morgan fingerprint density at radius 1 is 0.864 bits per heavy atom. The van der Waals surface area contributed by atoms with Crippen molar-refractivity contribution in [3.8, 4) is 0 Å². The molecule has 0 fully saturated rings. The van der Waals surface area contributed by atoms with Gasteiger partial charge >= 0.3 is 11.9 Å². The first-order chi connectivity index (χ1) is 10.6. The van der Waals surface area contributed by atoms with Crippen molar-refractivity contribution < 1.29 is 19.1 Å². The van der Waals surface area contributed by atoms with Gasteiger partial charge in [0.05, 0.1) is 25.6 Å². The summed E-state index contributed by atoms with van der Waals surface area (Å²) in [7, 11) is 0. The molecule has 0 aromatic rings. The van der Waals surface area contributed by atoms with Crippen LogP contribution in [0.1, 0.15) is 79.1 Å². The van der Waals surface area contributed by atoms with Crippen molar-refractivity contribution >= 4 is 11.9 Å². The molecule has 0 aliphatic carbocycles. The molecule has 4 nitrogen and oxygen atoms in total. The Labute approximate surface area is 135 Å². The van der Waals surface area contributed by atoms with Crippen LogP contribution in [0, 0.1) is 11.8 Å². The van der Waals surface area contributed by atoms with E-state index in [0.717, 1.165) is 44.9 Å². The lowest BCUT2D eigenvalue weighted by Crippen LogP contribution is -2.28. The number of carbonyl (C=O) groups is 2. The van der Waals surface area contributed by atoms with E-state index < -0.39 is 0 Å². The van der Waals surface area contributed by atoms with Gasteiger partial charge in [-0.25, -0.2) is 0 Å². The maximum atomic E-state index is 12.2. The minimum Gasteiger partial charge on any atom is -0.466 e. The molecule has 130 valence electrons. The van der Waals surface area contributed by atoms with Crippen LogP contribution >= 0.6 is 0 Å². The summed E-state index contributed by atoms with van der Waals surface area (Å²) in [5, 5.41) is 0. The van der Waals surface area contributed by atoms with Crippen molar-refractivity contribution in [1.29, 1.82) is 0 Å². The molecular formula is C18H34O4. The fourth-order valence-electron chi connectivity index (χ4n) is 2.21. The lowest BCUT2D eigenvalue weighted by molar-refractivity contribution is -0.157. The van der Waals surface area contributed by atoms with E-state index in [1.54, 1.807) is 0 Å². The summed E-state index contributed by atoms with van der Waals surface area (Å²) in [4.78, 5) is 24.1. The second-order valence-electron chi connectivity index (χ2n) is 6.00. The number of rotatable bonds is 13. The van der Waals surface area contributed by atoms with Crippen molar-refractivity contribution in [2.24, 2.45) is 11.8 Å². The molecule has 0 aromatic carbocycles. The molecule has 2 atom stereocenters. The summed E-state index contributed by atoms with van der Waals surface area (Å²) in [6.07, 6.45) is 7.05.